The molecule has 0 aliphatic heterocycles. The Morgan fingerprint density at radius 2 is 1.55 bits per heavy atom. The maximum atomic E-state index is 11.2. The van der Waals surface area contributed by atoms with Crippen molar-refractivity contribution in [2.24, 2.45) is 0 Å². The third-order valence-corrected chi connectivity index (χ3v) is 2.72. The number of hydrogen-bond acceptors (Lipinski definition) is 3. The molecule has 0 aliphatic carbocycles. The molecule has 0 N–H and O–H groups in total. The molecule has 0 spiro atoms. The Labute approximate surface area is 131 Å². The molecule has 4 heteroatoms. The maximum absolute atomic E-state index is 11.2. The van der Waals surface area contributed by atoms with Crippen LogP contribution in [0.1, 0.15) is 24.2 Å². The van der Waals surface area contributed by atoms with Gasteiger partial charge in [-0.15, -0.1) is 26.0 Å². The Kier molecular flexibility index (Phi) is 20.2. The maximum Gasteiger partial charge on any atom is 0.323 e. The van der Waals surface area contributed by atoms with Crippen LogP contribution in [0, 0.1) is 12.8 Å². The fourth-order valence-corrected chi connectivity index (χ4v) is 1.50. The molecule has 1 unspecified atom stereocenters. The van der Waals surface area contributed by atoms with E-state index >= 15 is 0 Å². The molecule has 1 aromatic carbocycles. The van der Waals surface area contributed by atoms with Gasteiger partial charge in [-0.1, -0.05) is 41.9 Å². The lowest BCUT2D eigenvalue weighted by atomic mass is 10.1. The average molecular weight is 343 g/mol. The molecule has 0 amide bonds. The Balaban J connectivity index is -0.000000425. The van der Waals surface area contributed by atoms with Gasteiger partial charge in [0.2, 0.25) is 0 Å². The molecule has 0 saturated heterocycles. The van der Waals surface area contributed by atoms with E-state index in [-0.39, 0.29) is 5.97 Å². The van der Waals surface area contributed by atoms with E-state index in [0.29, 0.717) is 0 Å². The van der Waals surface area contributed by atoms with Gasteiger partial charge >= 0.3 is 5.97 Å². The molecule has 0 aromatic heterocycles. The number of benzene rings is 1. The molecule has 1 atom stereocenters. The van der Waals surface area contributed by atoms with Crippen molar-refractivity contribution in [3.05, 3.63) is 43.0 Å². The second-order valence-electron chi connectivity index (χ2n) is 2.66. The Morgan fingerprint density at radius 1 is 1.15 bits per heavy atom. The fraction of sp³-hybridized carbons (Fsp3) is 0.312. The summed E-state index contributed by atoms with van der Waals surface area (Å²) in [4.78, 5) is 10.7. The first-order chi connectivity index (χ1) is 9.69. The molecule has 1 aromatic rings. The summed E-state index contributed by atoms with van der Waals surface area (Å²) in [6.07, 6.45) is 8.00. The van der Waals surface area contributed by atoms with Crippen LogP contribution in [0.4, 0.5) is 0 Å². The highest BCUT2D eigenvalue weighted by Crippen LogP contribution is 2.25. The minimum atomic E-state index is -0.418. The highest BCUT2D eigenvalue weighted by atomic mass is 79.9. The summed E-state index contributed by atoms with van der Waals surface area (Å²) in [6.45, 7) is 10.0. The summed E-state index contributed by atoms with van der Waals surface area (Å²) in [7, 11) is 2.96. The predicted molar refractivity (Wildman–Crippen MR) is 89.2 cm³/mol. The highest BCUT2D eigenvalue weighted by Gasteiger charge is 2.16. The quantitative estimate of drug-likeness (QED) is 0.354. The van der Waals surface area contributed by atoms with E-state index in [1.807, 2.05) is 26.0 Å². The SMILES string of the molecule is C#C.C=C.CC.COC(=O)C(Br)c1ccc(OC)cc1. The number of rotatable bonds is 3. The standard InChI is InChI=1S/C10H11BrO3.C2H6.C2H4.C2H2/c1-13-8-5-3-7(4-6-8)9(11)10(12)14-2;3*1-2/h3-6,9H,1-2H3;1-2H3;1-2H2;1-2H. The number of terminal acetylenes is 1. The number of alkyl halides is 1. The van der Waals surface area contributed by atoms with Gasteiger partial charge in [0.1, 0.15) is 10.6 Å². The molecule has 0 fully saturated rings. The van der Waals surface area contributed by atoms with Gasteiger partial charge in [-0.2, -0.15) is 0 Å². The second-order valence-corrected chi connectivity index (χ2v) is 3.57. The van der Waals surface area contributed by atoms with E-state index in [9.17, 15) is 4.79 Å². The molecule has 0 saturated carbocycles. The molecule has 0 heterocycles. The van der Waals surface area contributed by atoms with Crippen molar-refractivity contribution < 1.29 is 14.3 Å². The van der Waals surface area contributed by atoms with Crippen LogP contribution in [0.15, 0.2) is 37.4 Å². The van der Waals surface area contributed by atoms with Crippen molar-refractivity contribution in [1.82, 2.24) is 0 Å². The second kappa shape index (κ2) is 17.3. The summed E-state index contributed by atoms with van der Waals surface area (Å²) in [6, 6.07) is 7.23. The van der Waals surface area contributed by atoms with Crippen molar-refractivity contribution in [3.8, 4) is 18.6 Å². The summed E-state index contributed by atoms with van der Waals surface area (Å²) in [5, 5.41) is 0. The minimum Gasteiger partial charge on any atom is -0.497 e. The first kappa shape index (κ1) is 23.4. The van der Waals surface area contributed by atoms with E-state index in [1.54, 1.807) is 19.2 Å². The van der Waals surface area contributed by atoms with Crippen molar-refractivity contribution in [3.63, 3.8) is 0 Å². The Bertz CT molecular complexity index is 358. The fourth-order valence-electron chi connectivity index (χ4n) is 1.01. The van der Waals surface area contributed by atoms with Gasteiger partial charge in [-0.25, -0.2) is 0 Å². The van der Waals surface area contributed by atoms with Gasteiger partial charge in [-0.3, -0.25) is 4.79 Å². The average Bonchev–Trinajstić information content (AvgIpc) is 2.59. The van der Waals surface area contributed by atoms with Gasteiger partial charge in [-0.05, 0) is 17.7 Å². The van der Waals surface area contributed by atoms with E-state index in [4.69, 9.17) is 4.74 Å². The zero-order chi connectivity index (χ0) is 16.6. The Hall–Kier alpha value is -1.73. The summed E-state index contributed by atoms with van der Waals surface area (Å²) in [5.74, 6) is 0.452. The minimum absolute atomic E-state index is 0.310. The zero-order valence-electron chi connectivity index (χ0n) is 12.6. The molecule has 20 heavy (non-hydrogen) atoms. The molecule has 1 rings (SSSR count). The number of carbonyl (C=O) groups is 1. The van der Waals surface area contributed by atoms with Crippen LogP contribution in [0.5, 0.6) is 5.75 Å². The molecule has 0 bridgehead atoms. The predicted octanol–water partition coefficient (Wildman–Crippen LogP) is 4.38. The topological polar surface area (TPSA) is 35.5 Å². The number of hydrogen-bond donors (Lipinski definition) is 0. The van der Waals surface area contributed by atoms with Gasteiger partial charge in [0.15, 0.2) is 0 Å². The van der Waals surface area contributed by atoms with Crippen molar-refractivity contribution >= 4 is 21.9 Å². The van der Waals surface area contributed by atoms with Crippen molar-refractivity contribution in [2.75, 3.05) is 14.2 Å². The first-order valence-electron chi connectivity index (χ1n) is 5.88. The van der Waals surface area contributed by atoms with Gasteiger partial charge < -0.3 is 9.47 Å². The highest BCUT2D eigenvalue weighted by molar-refractivity contribution is 9.09. The molecule has 3 nitrogen and oxygen atoms in total. The summed E-state index contributed by atoms with van der Waals surface area (Å²) < 4.78 is 9.61. The first-order valence-corrected chi connectivity index (χ1v) is 6.79. The molecular formula is C16H23BrO3. The number of esters is 1. The van der Waals surface area contributed by atoms with Crippen LogP contribution in [0.2, 0.25) is 0 Å². The normalized spacial score (nSPS) is 8.95. The summed E-state index contributed by atoms with van der Waals surface area (Å²) in [5.41, 5.74) is 0.845. The van der Waals surface area contributed by atoms with Gasteiger partial charge in [0.05, 0.1) is 14.2 Å². The van der Waals surface area contributed by atoms with E-state index in [2.05, 4.69) is 46.7 Å². The van der Waals surface area contributed by atoms with Crippen LogP contribution < -0.4 is 4.74 Å². The van der Waals surface area contributed by atoms with Crippen LogP contribution >= 0.6 is 15.9 Å². The number of ether oxygens (including phenoxy) is 2. The van der Waals surface area contributed by atoms with Crippen LogP contribution in [-0.4, -0.2) is 20.2 Å². The van der Waals surface area contributed by atoms with Gasteiger partial charge in [0, 0.05) is 0 Å². The smallest absolute Gasteiger partial charge is 0.323 e. The number of halogens is 1. The zero-order valence-corrected chi connectivity index (χ0v) is 14.1. The molecule has 112 valence electrons. The molecular weight excluding hydrogens is 320 g/mol. The lowest BCUT2D eigenvalue weighted by Gasteiger charge is -2.08. The molecule has 0 radical (unpaired) electrons. The number of carbonyl (C=O) groups excluding carboxylic acids is 1. The lowest BCUT2D eigenvalue weighted by molar-refractivity contribution is -0.139. The van der Waals surface area contributed by atoms with Crippen LogP contribution in [-0.2, 0) is 9.53 Å². The lowest BCUT2D eigenvalue weighted by Crippen LogP contribution is -2.07. The number of methoxy groups -OCH3 is 2. The molecule has 0 aliphatic rings. The largest absolute Gasteiger partial charge is 0.497 e. The van der Waals surface area contributed by atoms with E-state index < -0.39 is 4.83 Å². The Morgan fingerprint density at radius 3 is 1.85 bits per heavy atom. The monoisotopic (exact) mass is 342 g/mol. The third kappa shape index (κ3) is 9.23. The van der Waals surface area contributed by atoms with E-state index in [0.717, 1.165) is 11.3 Å². The van der Waals surface area contributed by atoms with Crippen LogP contribution in [0.3, 0.4) is 0 Å². The van der Waals surface area contributed by atoms with Crippen molar-refractivity contribution in [1.29, 1.82) is 0 Å². The van der Waals surface area contributed by atoms with Gasteiger partial charge in [0.25, 0.3) is 0 Å². The van der Waals surface area contributed by atoms with Crippen LogP contribution in [0.25, 0.3) is 0 Å². The van der Waals surface area contributed by atoms with E-state index in [1.165, 1.54) is 7.11 Å². The third-order valence-electron chi connectivity index (χ3n) is 1.82. The summed E-state index contributed by atoms with van der Waals surface area (Å²) >= 11 is 3.24. The van der Waals surface area contributed by atoms with Crippen molar-refractivity contribution in [2.45, 2.75) is 18.7 Å².